The number of nitrogens with one attached hydrogen (secondary N) is 1. The SMILES string of the molecule is CC(C)CNCC(=O)OC1CC(C)CCC1C(C)C. The van der Waals surface area contributed by atoms with Crippen molar-refractivity contribution in [3.8, 4) is 0 Å². The maximum atomic E-state index is 11.9. The van der Waals surface area contributed by atoms with Gasteiger partial charge in [-0.3, -0.25) is 4.79 Å². The lowest BCUT2D eigenvalue weighted by atomic mass is 9.75. The third kappa shape index (κ3) is 5.94. The van der Waals surface area contributed by atoms with Gasteiger partial charge in [0.05, 0.1) is 6.54 Å². The summed E-state index contributed by atoms with van der Waals surface area (Å²) in [7, 11) is 0. The van der Waals surface area contributed by atoms with E-state index in [9.17, 15) is 4.79 Å². The molecule has 1 fully saturated rings. The van der Waals surface area contributed by atoms with Crippen molar-refractivity contribution in [3.63, 3.8) is 0 Å². The molecule has 0 radical (unpaired) electrons. The molecule has 0 saturated heterocycles. The quantitative estimate of drug-likeness (QED) is 0.752. The molecule has 0 aliphatic heterocycles. The highest BCUT2D eigenvalue weighted by Crippen LogP contribution is 2.35. The van der Waals surface area contributed by atoms with Crippen LogP contribution in [0.2, 0.25) is 0 Å². The number of carbonyl (C=O) groups excluding carboxylic acids is 1. The molecule has 0 spiro atoms. The normalized spacial score (nSPS) is 27.8. The second-order valence-electron chi connectivity index (χ2n) is 6.88. The highest BCUT2D eigenvalue weighted by molar-refractivity contribution is 5.71. The molecule has 1 aliphatic rings. The summed E-state index contributed by atoms with van der Waals surface area (Å²) in [5.74, 6) is 2.27. The van der Waals surface area contributed by atoms with Crippen LogP contribution >= 0.6 is 0 Å². The minimum absolute atomic E-state index is 0.0922. The molecule has 3 nitrogen and oxygen atoms in total. The predicted molar refractivity (Wildman–Crippen MR) is 78.9 cm³/mol. The molecule has 0 aromatic rings. The Bertz CT molecular complexity index is 276. The van der Waals surface area contributed by atoms with E-state index in [0.717, 1.165) is 13.0 Å². The van der Waals surface area contributed by atoms with Crippen molar-refractivity contribution in [1.29, 1.82) is 0 Å². The molecule has 19 heavy (non-hydrogen) atoms. The zero-order valence-electron chi connectivity index (χ0n) is 13.2. The fraction of sp³-hybridized carbons (Fsp3) is 0.938. The van der Waals surface area contributed by atoms with Crippen molar-refractivity contribution in [2.75, 3.05) is 13.1 Å². The summed E-state index contributed by atoms with van der Waals surface area (Å²) in [5.41, 5.74) is 0. The molecule has 1 N–H and O–H groups in total. The molecule has 0 amide bonds. The average Bonchev–Trinajstić information content (AvgIpc) is 2.27. The summed E-state index contributed by atoms with van der Waals surface area (Å²) < 4.78 is 5.72. The van der Waals surface area contributed by atoms with Gasteiger partial charge in [-0.25, -0.2) is 0 Å². The van der Waals surface area contributed by atoms with Crippen molar-refractivity contribution < 1.29 is 9.53 Å². The highest BCUT2D eigenvalue weighted by atomic mass is 16.5. The Morgan fingerprint density at radius 1 is 1.26 bits per heavy atom. The number of hydrogen-bond acceptors (Lipinski definition) is 3. The lowest BCUT2D eigenvalue weighted by molar-refractivity contribution is -0.154. The zero-order valence-corrected chi connectivity index (χ0v) is 13.2. The number of carbonyl (C=O) groups is 1. The number of hydrogen-bond donors (Lipinski definition) is 1. The first-order chi connectivity index (χ1) is 8.90. The standard InChI is InChI=1S/C16H31NO2/c1-11(2)9-17-10-16(18)19-15-8-13(5)6-7-14(15)12(3)4/h11-15,17H,6-10H2,1-5H3. The lowest BCUT2D eigenvalue weighted by Crippen LogP contribution is -2.38. The molecular formula is C16H31NO2. The van der Waals surface area contributed by atoms with E-state index in [1.54, 1.807) is 0 Å². The fourth-order valence-electron chi connectivity index (χ4n) is 2.92. The summed E-state index contributed by atoms with van der Waals surface area (Å²) in [4.78, 5) is 11.9. The van der Waals surface area contributed by atoms with Crippen LogP contribution in [0.4, 0.5) is 0 Å². The molecule has 3 atom stereocenters. The molecule has 0 aromatic heterocycles. The van der Waals surface area contributed by atoms with E-state index in [1.165, 1.54) is 12.8 Å². The van der Waals surface area contributed by atoms with Gasteiger partial charge in [0.2, 0.25) is 0 Å². The van der Waals surface area contributed by atoms with Gasteiger partial charge in [0.1, 0.15) is 6.10 Å². The Labute approximate surface area is 118 Å². The summed E-state index contributed by atoms with van der Waals surface area (Å²) in [6, 6.07) is 0. The van der Waals surface area contributed by atoms with E-state index in [-0.39, 0.29) is 12.1 Å². The van der Waals surface area contributed by atoms with Crippen LogP contribution in [0.25, 0.3) is 0 Å². The van der Waals surface area contributed by atoms with Crippen LogP contribution in [0.15, 0.2) is 0 Å². The molecular weight excluding hydrogens is 238 g/mol. The van der Waals surface area contributed by atoms with Crippen LogP contribution in [0.5, 0.6) is 0 Å². The van der Waals surface area contributed by atoms with Crippen LogP contribution in [-0.4, -0.2) is 25.2 Å². The van der Waals surface area contributed by atoms with Crippen LogP contribution in [-0.2, 0) is 9.53 Å². The van der Waals surface area contributed by atoms with Gasteiger partial charge in [0.15, 0.2) is 0 Å². The Kier molecular flexibility index (Phi) is 6.84. The lowest BCUT2D eigenvalue weighted by Gasteiger charge is -2.36. The first-order valence-corrected chi connectivity index (χ1v) is 7.80. The van der Waals surface area contributed by atoms with E-state index < -0.39 is 0 Å². The molecule has 3 heteroatoms. The molecule has 1 saturated carbocycles. The Morgan fingerprint density at radius 3 is 2.53 bits per heavy atom. The van der Waals surface area contributed by atoms with Gasteiger partial charge in [-0.1, -0.05) is 41.0 Å². The number of rotatable bonds is 6. The number of esters is 1. The smallest absolute Gasteiger partial charge is 0.320 e. The van der Waals surface area contributed by atoms with Gasteiger partial charge in [0, 0.05) is 0 Å². The minimum Gasteiger partial charge on any atom is -0.461 e. The van der Waals surface area contributed by atoms with Crippen LogP contribution in [0.1, 0.15) is 53.9 Å². The predicted octanol–water partition coefficient (Wildman–Crippen LogP) is 3.24. The molecule has 0 bridgehead atoms. The topological polar surface area (TPSA) is 38.3 Å². The summed E-state index contributed by atoms with van der Waals surface area (Å²) in [6.45, 7) is 12.2. The third-order valence-corrected chi connectivity index (χ3v) is 4.07. The fourth-order valence-corrected chi connectivity index (χ4v) is 2.92. The van der Waals surface area contributed by atoms with Gasteiger partial charge in [0.25, 0.3) is 0 Å². The van der Waals surface area contributed by atoms with E-state index in [0.29, 0.717) is 30.2 Å². The van der Waals surface area contributed by atoms with Crippen molar-refractivity contribution in [3.05, 3.63) is 0 Å². The zero-order chi connectivity index (χ0) is 14.4. The van der Waals surface area contributed by atoms with Gasteiger partial charge >= 0.3 is 5.97 Å². The van der Waals surface area contributed by atoms with Crippen LogP contribution < -0.4 is 5.32 Å². The molecule has 1 aliphatic carbocycles. The highest BCUT2D eigenvalue weighted by Gasteiger charge is 2.33. The Balaban J connectivity index is 2.40. The molecule has 0 heterocycles. The van der Waals surface area contributed by atoms with Crippen molar-refractivity contribution in [1.82, 2.24) is 5.32 Å². The summed E-state index contributed by atoms with van der Waals surface area (Å²) in [5, 5.41) is 3.15. The summed E-state index contributed by atoms with van der Waals surface area (Å²) >= 11 is 0. The number of ether oxygens (including phenoxy) is 1. The van der Waals surface area contributed by atoms with Gasteiger partial charge in [-0.05, 0) is 43.1 Å². The first-order valence-electron chi connectivity index (χ1n) is 7.80. The molecule has 0 aromatic carbocycles. The van der Waals surface area contributed by atoms with E-state index in [2.05, 4.69) is 39.9 Å². The molecule has 3 unspecified atom stereocenters. The molecule has 1 rings (SSSR count). The van der Waals surface area contributed by atoms with Crippen LogP contribution in [0.3, 0.4) is 0 Å². The van der Waals surface area contributed by atoms with Crippen molar-refractivity contribution >= 4 is 5.97 Å². The monoisotopic (exact) mass is 269 g/mol. The van der Waals surface area contributed by atoms with Crippen molar-refractivity contribution in [2.45, 2.75) is 60.0 Å². The second kappa shape index (κ2) is 7.88. The van der Waals surface area contributed by atoms with Gasteiger partial charge in [-0.15, -0.1) is 0 Å². The van der Waals surface area contributed by atoms with Crippen molar-refractivity contribution in [2.24, 2.45) is 23.7 Å². The first kappa shape index (κ1) is 16.5. The maximum absolute atomic E-state index is 11.9. The minimum atomic E-state index is -0.0922. The van der Waals surface area contributed by atoms with E-state index in [4.69, 9.17) is 4.74 Å². The Hall–Kier alpha value is -0.570. The van der Waals surface area contributed by atoms with E-state index >= 15 is 0 Å². The largest absolute Gasteiger partial charge is 0.461 e. The van der Waals surface area contributed by atoms with Gasteiger partial charge < -0.3 is 10.1 Å². The summed E-state index contributed by atoms with van der Waals surface area (Å²) in [6.07, 6.45) is 3.61. The van der Waals surface area contributed by atoms with Gasteiger partial charge in [-0.2, -0.15) is 0 Å². The third-order valence-electron chi connectivity index (χ3n) is 4.07. The second-order valence-corrected chi connectivity index (χ2v) is 6.88. The average molecular weight is 269 g/mol. The molecule has 112 valence electrons. The van der Waals surface area contributed by atoms with Crippen LogP contribution in [0, 0.1) is 23.7 Å². The maximum Gasteiger partial charge on any atom is 0.320 e. The Morgan fingerprint density at radius 2 is 1.95 bits per heavy atom. The van der Waals surface area contributed by atoms with E-state index in [1.807, 2.05) is 0 Å².